The molecule has 17 heavy (non-hydrogen) atoms. The first-order chi connectivity index (χ1) is 8.11. The minimum absolute atomic E-state index is 0.0827. The summed E-state index contributed by atoms with van der Waals surface area (Å²) < 4.78 is 1.03. The van der Waals surface area contributed by atoms with Gasteiger partial charge in [-0.25, -0.2) is 4.98 Å². The number of aliphatic hydroxyl groups excluding tert-OH is 1. The molecule has 2 aromatic rings. The summed E-state index contributed by atoms with van der Waals surface area (Å²) in [4.78, 5) is 4.47. The van der Waals surface area contributed by atoms with E-state index in [1.54, 1.807) is 11.3 Å². The standard InChI is InChI=1S/C12H13BrN2OS/c1-7-2-3-8(13)4-9(7)12-15-11(6-17-12)10(14)5-16/h2-4,6,10,16H,5,14H2,1H3. The molecule has 0 aliphatic heterocycles. The fourth-order valence-electron chi connectivity index (χ4n) is 1.50. The third-order valence-electron chi connectivity index (χ3n) is 2.53. The van der Waals surface area contributed by atoms with E-state index in [0.29, 0.717) is 0 Å². The Kier molecular flexibility index (Phi) is 3.93. The Morgan fingerprint density at radius 3 is 3.00 bits per heavy atom. The van der Waals surface area contributed by atoms with Crippen LogP contribution in [0, 0.1) is 6.92 Å². The highest BCUT2D eigenvalue weighted by Crippen LogP contribution is 2.30. The van der Waals surface area contributed by atoms with E-state index in [9.17, 15) is 0 Å². The van der Waals surface area contributed by atoms with Gasteiger partial charge in [0, 0.05) is 15.4 Å². The maximum Gasteiger partial charge on any atom is 0.123 e. The third-order valence-corrected chi connectivity index (χ3v) is 3.92. The first-order valence-corrected chi connectivity index (χ1v) is 6.87. The first kappa shape index (κ1) is 12.7. The van der Waals surface area contributed by atoms with E-state index in [0.717, 1.165) is 20.7 Å². The molecule has 0 saturated heterocycles. The highest BCUT2D eigenvalue weighted by molar-refractivity contribution is 9.10. The number of aliphatic hydroxyl groups is 1. The molecule has 1 heterocycles. The highest BCUT2D eigenvalue weighted by Gasteiger charge is 2.12. The van der Waals surface area contributed by atoms with E-state index in [2.05, 4.69) is 27.8 Å². The Hall–Kier alpha value is -0.750. The molecule has 0 bridgehead atoms. The quantitative estimate of drug-likeness (QED) is 0.916. The lowest BCUT2D eigenvalue weighted by Gasteiger charge is -2.04. The molecule has 0 aliphatic rings. The van der Waals surface area contributed by atoms with Crippen molar-refractivity contribution in [2.75, 3.05) is 6.61 Å². The van der Waals surface area contributed by atoms with Crippen molar-refractivity contribution in [3.8, 4) is 10.6 Å². The normalized spacial score (nSPS) is 12.7. The van der Waals surface area contributed by atoms with Crippen molar-refractivity contribution in [3.05, 3.63) is 39.3 Å². The topological polar surface area (TPSA) is 59.1 Å². The lowest BCUT2D eigenvalue weighted by atomic mass is 10.1. The molecule has 5 heteroatoms. The van der Waals surface area contributed by atoms with Crippen LogP contribution in [0.4, 0.5) is 0 Å². The molecule has 1 aromatic heterocycles. The zero-order chi connectivity index (χ0) is 12.4. The number of nitrogens with two attached hydrogens (primary N) is 1. The fraction of sp³-hybridized carbons (Fsp3) is 0.250. The number of rotatable bonds is 3. The Morgan fingerprint density at radius 2 is 2.29 bits per heavy atom. The van der Waals surface area contributed by atoms with Crippen LogP contribution in [0.2, 0.25) is 0 Å². The van der Waals surface area contributed by atoms with Crippen LogP contribution in [0.5, 0.6) is 0 Å². The fourth-order valence-corrected chi connectivity index (χ4v) is 2.82. The molecule has 1 aromatic carbocycles. The van der Waals surface area contributed by atoms with Gasteiger partial charge in [0.2, 0.25) is 0 Å². The number of hydrogen-bond donors (Lipinski definition) is 2. The van der Waals surface area contributed by atoms with Crippen LogP contribution in [-0.2, 0) is 0 Å². The zero-order valence-electron chi connectivity index (χ0n) is 9.35. The minimum atomic E-state index is -0.396. The number of aryl methyl sites for hydroxylation is 1. The molecule has 3 N–H and O–H groups in total. The van der Waals surface area contributed by atoms with E-state index < -0.39 is 6.04 Å². The summed E-state index contributed by atoms with van der Waals surface area (Å²) in [5, 5.41) is 11.8. The van der Waals surface area contributed by atoms with Gasteiger partial charge in [-0.1, -0.05) is 22.0 Å². The van der Waals surface area contributed by atoms with Gasteiger partial charge in [-0.2, -0.15) is 0 Å². The van der Waals surface area contributed by atoms with Gasteiger partial charge in [-0.3, -0.25) is 0 Å². The Balaban J connectivity index is 2.40. The van der Waals surface area contributed by atoms with Crippen molar-refractivity contribution in [1.29, 1.82) is 0 Å². The molecule has 0 amide bonds. The van der Waals surface area contributed by atoms with Crippen LogP contribution in [0.15, 0.2) is 28.1 Å². The Bertz CT molecular complexity index is 527. The summed E-state index contributed by atoms with van der Waals surface area (Å²) in [5.74, 6) is 0. The molecule has 0 aliphatic carbocycles. The summed E-state index contributed by atoms with van der Waals surface area (Å²) in [6.07, 6.45) is 0. The lowest BCUT2D eigenvalue weighted by molar-refractivity contribution is 0.266. The van der Waals surface area contributed by atoms with Crippen molar-refractivity contribution < 1.29 is 5.11 Å². The van der Waals surface area contributed by atoms with Gasteiger partial charge < -0.3 is 10.8 Å². The van der Waals surface area contributed by atoms with Crippen molar-refractivity contribution in [3.63, 3.8) is 0 Å². The molecule has 1 atom stereocenters. The Labute approximate surface area is 112 Å². The van der Waals surface area contributed by atoms with Crippen molar-refractivity contribution in [2.24, 2.45) is 5.73 Å². The largest absolute Gasteiger partial charge is 0.394 e. The van der Waals surface area contributed by atoms with Crippen molar-refractivity contribution in [2.45, 2.75) is 13.0 Å². The molecular formula is C12H13BrN2OS. The maximum absolute atomic E-state index is 9.00. The number of nitrogens with zero attached hydrogens (tertiary/aromatic N) is 1. The van der Waals surface area contributed by atoms with E-state index >= 15 is 0 Å². The van der Waals surface area contributed by atoms with Gasteiger partial charge in [-0.15, -0.1) is 11.3 Å². The van der Waals surface area contributed by atoms with Gasteiger partial charge in [-0.05, 0) is 24.6 Å². The Morgan fingerprint density at radius 1 is 1.53 bits per heavy atom. The molecule has 0 fully saturated rings. The second kappa shape index (κ2) is 5.27. The summed E-state index contributed by atoms with van der Waals surface area (Å²) in [6.45, 7) is 1.97. The van der Waals surface area contributed by atoms with Gasteiger partial charge >= 0.3 is 0 Å². The van der Waals surface area contributed by atoms with E-state index in [-0.39, 0.29) is 6.61 Å². The summed E-state index contributed by atoms with van der Waals surface area (Å²) >= 11 is 5.00. The van der Waals surface area contributed by atoms with Crippen LogP contribution in [0.3, 0.4) is 0 Å². The molecule has 90 valence electrons. The molecule has 0 saturated carbocycles. The molecule has 1 unspecified atom stereocenters. The summed E-state index contributed by atoms with van der Waals surface area (Å²) in [7, 11) is 0. The van der Waals surface area contributed by atoms with E-state index in [4.69, 9.17) is 10.8 Å². The molecule has 0 radical (unpaired) electrons. The molecule has 2 rings (SSSR count). The lowest BCUT2D eigenvalue weighted by Crippen LogP contribution is -2.14. The number of hydrogen-bond acceptors (Lipinski definition) is 4. The number of benzene rings is 1. The van der Waals surface area contributed by atoms with Crippen molar-refractivity contribution >= 4 is 27.3 Å². The predicted octanol–water partition coefficient (Wildman–Crippen LogP) is 2.87. The monoisotopic (exact) mass is 312 g/mol. The maximum atomic E-state index is 9.00. The second-order valence-corrected chi connectivity index (χ2v) is 5.60. The van der Waals surface area contributed by atoms with Crippen LogP contribution in [0.1, 0.15) is 17.3 Å². The van der Waals surface area contributed by atoms with Crippen LogP contribution >= 0.6 is 27.3 Å². The highest BCUT2D eigenvalue weighted by atomic mass is 79.9. The number of halogens is 1. The van der Waals surface area contributed by atoms with Gasteiger partial charge in [0.1, 0.15) is 5.01 Å². The van der Waals surface area contributed by atoms with Crippen molar-refractivity contribution in [1.82, 2.24) is 4.98 Å². The average molecular weight is 313 g/mol. The number of aromatic nitrogens is 1. The SMILES string of the molecule is Cc1ccc(Br)cc1-c1nc(C(N)CO)cs1. The van der Waals surface area contributed by atoms with E-state index in [1.165, 1.54) is 5.56 Å². The third kappa shape index (κ3) is 2.74. The molecule has 3 nitrogen and oxygen atoms in total. The number of thiazole rings is 1. The molecular weight excluding hydrogens is 300 g/mol. The summed E-state index contributed by atoms with van der Waals surface area (Å²) in [6, 6.07) is 5.70. The second-order valence-electron chi connectivity index (χ2n) is 3.83. The first-order valence-electron chi connectivity index (χ1n) is 5.20. The van der Waals surface area contributed by atoms with Gasteiger partial charge in [0.05, 0.1) is 18.3 Å². The van der Waals surface area contributed by atoms with E-state index in [1.807, 2.05) is 23.6 Å². The van der Waals surface area contributed by atoms with Crippen LogP contribution in [0.25, 0.3) is 10.6 Å². The molecule has 0 spiro atoms. The predicted molar refractivity (Wildman–Crippen MR) is 74.0 cm³/mol. The van der Waals surface area contributed by atoms with Crippen LogP contribution < -0.4 is 5.73 Å². The minimum Gasteiger partial charge on any atom is -0.394 e. The zero-order valence-corrected chi connectivity index (χ0v) is 11.8. The van der Waals surface area contributed by atoms with Gasteiger partial charge in [0.25, 0.3) is 0 Å². The smallest absolute Gasteiger partial charge is 0.123 e. The summed E-state index contributed by atoms with van der Waals surface area (Å²) in [5.41, 5.74) is 8.75. The van der Waals surface area contributed by atoms with Crippen LogP contribution in [-0.4, -0.2) is 16.7 Å². The van der Waals surface area contributed by atoms with Gasteiger partial charge in [0.15, 0.2) is 0 Å². The average Bonchev–Trinajstić information content (AvgIpc) is 2.80.